The largest absolute Gasteiger partial charge is 0.381 e. The molecule has 2 unspecified atom stereocenters. The zero-order valence-corrected chi connectivity index (χ0v) is 31.0. The molecule has 0 bridgehead atoms. The highest BCUT2D eigenvalue weighted by Crippen LogP contribution is 2.30. The number of benzene rings is 2. The minimum atomic E-state index is -1.28. The lowest BCUT2D eigenvalue weighted by molar-refractivity contribution is -0.132. The average Bonchev–Trinajstić information content (AvgIpc) is 3.53. The van der Waals surface area contributed by atoms with Crippen LogP contribution in [0.3, 0.4) is 0 Å². The Balaban J connectivity index is 0.000000230. The number of aldehydes is 1. The Labute approximate surface area is 300 Å². The van der Waals surface area contributed by atoms with E-state index in [1.807, 2.05) is 36.4 Å². The van der Waals surface area contributed by atoms with E-state index in [1.165, 1.54) is 83.8 Å². The lowest BCUT2D eigenvalue weighted by Crippen LogP contribution is -2.59. The van der Waals surface area contributed by atoms with E-state index in [0.717, 1.165) is 42.0 Å². The van der Waals surface area contributed by atoms with Crippen LogP contribution in [0, 0.1) is 5.92 Å². The summed E-state index contributed by atoms with van der Waals surface area (Å²) in [4.78, 5) is 45.4. The van der Waals surface area contributed by atoms with Gasteiger partial charge >= 0.3 is 0 Å². The molecular formula is C40H65N5O5. The van der Waals surface area contributed by atoms with Crippen molar-refractivity contribution in [3.05, 3.63) is 48.0 Å². The molecule has 4 fully saturated rings. The van der Waals surface area contributed by atoms with Crippen LogP contribution in [0.4, 0.5) is 0 Å². The number of aliphatic hydroxyl groups excluding tert-OH is 1. The van der Waals surface area contributed by atoms with Crippen molar-refractivity contribution in [2.75, 3.05) is 33.2 Å². The van der Waals surface area contributed by atoms with Crippen molar-refractivity contribution in [3.8, 4) is 0 Å². The summed E-state index contributed by atoms with van der Waals surface area (Å²) in [5.74, 6) is 0.0350. The highest BCUT2D eigenvalue weighted by atomic mass is 16.3. The molecule has 6 N–H and O–H groups in total. The average molecular weight is 696 g/mol. The van der Waals surface area contributed by atoms with Crippen molar-refractivity contribution in [2.45, 2.75) is 128 Å². The lowest BCUT2D eigenvalue weighted by Gasteiger charge is -2.39. The molecule has 2 saturated carbocycles. The number of hydrogen-bond donors (Lipinski definition) is 5. The number of amides is 3. The summed E-state index contributed by atoms with van der Waals surface area (Å²) >= 11 is 0. The van der Waals surface area contributed by atoms with Crippen LogP contribution in [0.2, 0.25) is 0 Å². The fraction of sp³-hybridized carbons (Fsp3) is 0.650. The second kappa shape index (κ2) is 24.7. The van der Waals surface area contributed by atoms with Crippen LogP contribution in [0.15, 0.2) is 42.5 Å². The van der Waals surface area contributed by atoms with E-state index in [0.29, 0.717) is 31.1 Å². The first kappa shape index (κ1) is 42.8. The molecule has 6 rings (SSSR count). The molecule has 2 heterocycles. The van der Waals surface area contributed by atoms with Crippen LogP contribution in [0.1, 0.15) is 121 Å². The van der Waals surface area contributed by atoms with Gasteiger partial charge in [-0.05, 0) is 101 Å². The van der Waals surface area contributed by atoms with Crippen LogP contribution < -0.4 is 21.7 Å². The third kappa shape index (κ3) is 16.1. The molecule has 50 heavy (non-hydrogen) atoms. The third-order valence-electron chi connectivity index (χ3n) is 10.2. The highest BCUT2D eigenvalue weighted by Gasteiger charge is 2.41. The first-order valence-electron chi connectivity index (χ1n) is 18.9. The summed E-state index contributed by atoms with van der Waals surface area (Å²) in [5.41, 5.74) is 4.78. The Bertz CT molecular complexity index is 1240. The smallest absolute Gasteiger partial charge is 0.251 e. The van der Waals surface area contributed by atoms with Gasteiger partial charge in [-0.25, -0.2) is 0 Å². The maximum absolute atomic E-state index is 11.6. The van der Waals surface area contributed by atoms with Gasteiger partial charge in [-0.2, -0.15) is 0 Å². The summed E-state index contributed by atoms with van der Waals surface area (Å²) in [7, 11) is 2.19. The van der Waals surface area contributed by atoms with Gasteiger partial charge in [0.15, 0.2) is 6.10 Å². The normalized spacial score (nSPS) is 20.7. The molecule has 3 amide bonds. The summed E-state index contributed by atoms with van der Waals surface area (Å²) in [6, 6.07) is 14.1. The molecule has 0 spiro atoms. The molecule has 10 heteroatoms. The maximum atomic E-state index is 11.6. The van der Waals surface area contributed by atoms with Crippen molar-refractivity contribution >= 4 is 35.3 Å². The van der Waals surface area contributed by atoms with Gasteiger partial charge in [0, 0.05) is 11.6 Å². The molecule has 4 aliphatic rings. The van der Waals surface area contributed by atoms with Crippen LogP contribution in [-0.2, 0) is 14.4 Å². The Morgan fingerprint density at radius 1 is 0.900 bits per heavy atom. The van der Waals surface area contributed by atoms with E-state index in [1.54, 1.807) is 6.07 Å². The Kier molecular flexibility index (Phi) is 21.2. The van der Waals surface area contributed by atoms with Gasteiger partial charge in [-0.15, -0.1) is 0 Å². The number of nitrogens with two attached hydrogens (primary N) is 1. The van der Waals surface area contributed by atoms with Crippen molar-refractivity contribution < 1.29 is 24.3 Å². The minimum Gasteiger partial charge on any atom is -0.381 e. The molecule has 2 atom stereocenters. The molecule has 2 aliphatic heterocycles. The highest BCUT2D eigenvalue weighted by molar-refractivity contribution is 5.99. The van der Waals surface area contributed by atoms with Crippen molar-refractivity contribution in [1.82, 2.24) is 20.9 Å². The van der Waals surface area contributed by atoms with Gasteiger partial charge < -0.3 is 36.5 Å². The lowest BCUT2D eigenvalue weighted by atomic mass is 9.77. The van der Waals surface area contributed by atoms with Gasteiger partial charge in [0.05, 0.1) is 12.1 Å². The number of aliphatic hydroxyl groups is 1. The standard InChI is InChI=1S/C13H11NO2.C9H16N2O3.C7H14.C6H13N.C5H11N/c15-8-7-14-13(16)12-6-5-10-3-1-2-4-11(10)9-12;10-8(14)7(13)9(11-6-12)4-2-1-3-5-9;1-7-5-3-2-4-6-7;1-6-4-3-5-7(6)2;1-2-4-6-5-3-1/h1-6,8-9H,7H2,(H,14,16);6-7,13H,1-5H2,(H2,10,14)(H,11,12);7H,2-6H2,1H3;6H,3-5H2,1-2H3;6H,1-5H2. The number of rotatable bonds is 7. The van der Waals surface area contributed by atoms with Crippen LogP contribution >= 0.6 is 0 Å². The third-order valence-corrected chi connectivity index (χ3v) is 10.2. The number of primary amides is 1. The molecule has 2 aliphatic carbocycles. The fourth-order valence-corrected chi connectivity index (χ4v) is 6.82. The molecule has 280 valence electrons. The quantitative estimate of drug-likeness (QED) is 0.240. The Morgan fingerprint density at radius 2 is 1.52 bits per heavy atom. The topological polar surface area (TPSA) is 154 Å². The second-order valence-electron chi connectivity index (χ2n) is 14.2. The first-order chi connectivity index (χ1) is 24.1. The van der Waals surface area contributed by atoms with E-state index < -0.39 is 17.6 Å². The molecule has 2 saturated heterocycles. The molecule has 10 nitrogen and oxygen atoms in total. The van der Waals surface area contributed by atoms with Gasteiger partial charge in [0.2, 0.25) is 12.3 Å². The van der Waals surface area contributed by atoms with E-state index >= 15 is 0 Å². The van der Waals surface area contributed by atoms with Gasteiger partial charge in [0.25, 0.3) is 5.91 Å². The number of hydrogen-bond acceptors (Lipinski definition) is 7. The minimum absolute atomic E-state index is 0.0473. The number of nitrogens with zero attached hydrogens (tertiary/aromatic N) is 1. The van der Waals surface area contributed by atoms with Gasteiger partial charge in [-0.3, -0.25) is 14.4 Å². The Morgan fingerprint density at radius 3 is 1.96 bits per heavy atom. The molecule has 0 radical (unpaired) electrons. The molecular weight excluding hydrogens is 630 g/mol. The predicted molar refractivity (Wildman–Crippen MR) is 203 cm³/mol. The zero-order chi connectivity index (χ0) is 36.6. The molecule has 0 aromatic heterocycles. The summed E-state index contributed by atoms with van der Waals surface area (Å²) in [6.45, 7) is 8.50. The summed E-state index contributed by atoms with van der Waals surface area (Å²) < 4.78 is 0. The molecule has 2 aromatic carbocycles. The van der Waals surface area contributed by atoms with Crippen molar-refractivity contribution in [2.24, 2.45) is 11.7 Å². The number of fused-ring (bicyclic) bond motifs is 1. The monoisotopic (exact) mass is 695 g/mol. The summed E-state index contributed by atoms with van der Waals surface area (Å²) in [5, 5.41) is 20.1. The van der Waals surface area contributed by atoms with Crippen molar-refractivity contribution in [3.63, 3.8) is 0 Å². The first-order valence-corrected chi connectivity index (χ1v) is 18.9. The second-order valence-corrected chi connectivity index (χ2v) is 14.2. The van der Waals surface area contributed by atoms with E-state index in [2.05, 4.69) is 41.7 Å². The number of nitrogens with one attached hydrogen (secondary N) is 3. The van der Waals surface area contributed by atoms with Gasteiger partial charge in [-0.1, -0.05) is 95.0 Å². The number of likely N-dealkylation sites (tertiary alicyclic amines) is 1. The molecule has 2 aromatic rings. The SMILES string of the molecule is C1CCNCC1.CC1CCCCC1.CC1CCCN1C.NC(=O)C(O)C1(NC=O)CCCCC1.O=CCNC(=O)c1ccc2ccccc2c1. The summed E-state index contributed by atoms with van der Waals surface area (Å²) in [6.07, 6.45) is 18.4. The fourth-order valence-electron chi connectivity index (χ4n) is 6.82. The van der Waals surface area contributed by atoms with Crippen LogP contribution in [-0.4, -0.2) is 85.4 Å². The van der Waals surface area contributed by atoms with E-state index in [-0.39, 0.29) is 12.5 Å². The Hall–Kier alpha value is -3.34. The number of carbonyl (C=O) groups is 4. The maximum Gasteiger partial charge on any atom is 0.251 e. The van der Waals surface area contributed by atoms with Crippen LogP contribution in [0.25, 0.3) is 10.8 Å². The number of carbonyl (C=O) groups excluding carboxylic acids is 4. The van der Waals surface area contributed by atoms with Crippen molar-refractivity contribution in [1.29, 1.82) is 0 Å². The van der Waals surface area contributed by atoms with E-state index in [9.17, 15) is 24.3 Å². The van der Waals surface area contributed by atoms with Gasteiger partial charge in [0.1, 0.15) is 6.29 Å². The van der Waals surface area contributed by atoms with E-state index in [4.69, 9.17) is 5.73 Å². The van der Waals surface area contributed by atoms with Crippen LogP contribution in [0.5, 0.6) is 0 Å². The zero-order valence-electron chi connectivity index (χ0n) is 31.0. The number of piperidine rings is 1. The predicted octanol–water partition coefficient (Wildman–Crippen LogP) is 5.50.